The van der Waals surface area contributed by atoms with Crippen LogP contribution >= 0.6 is 11.3 Å². The van der Waals surface area contributed by atoms with E-state index < -0.39 is 35.8 Å². The fraction of sp³-hybridized carbons (Fsp3) is 0.382. The van der Waals surface area contributed by atoms with E-state index in [0.29, 0.717) is 41.6 Å². The molecule has 0 radical (unpaired) electrons. The maximum Gasteiger partial charge on any atom is 0.493 e. The van der Waals surface area contributed by atoms with E-state index in [4.69, 9.17) is 0 Å². The van der Waals surface area contributed by atoms with Crippen molar-refractivity contribution in [3.05, 3.63) is 82.6 Å². The van der Waals surface area contributed by atoms with Gasteiger partial charge in [0, 0.05) is 59.1 Å². The van der Waals surface area contributed by atoms with E-state index in [2.05, 4.69) is 25.0 Å². The molecule has 4 aromatic rings. The molecule has 1 atom stereocenters. The highest BCUT2D eigenvalue weighted by Gasteiger charge is 2.49. The summed E-state index contributed by atoms with van der Waals surface area (Å²) in [4.78, 5) is 56.6. The highest BCUT2D eigenvalue weighted by atomic mass is 32.1. The van der Waals surface area contributed by atoms with Crippen molar-refractivity contribution in [1.82, 2.24) is 24.8 Å². The molecule has 11 nitrogen and oxygen atoms in total. The van der Waals surface area contributed by atoms with Crippen molar-refractivity contribution in [2.45, 2.75) is 51.0 Å². The molecule has 2 saturated heterocycles. The fourth-order valence-corrected chi connectivity index (χ4v) is 8.10. The molecule has 2 fully saturated rings. The molecule has 16 heteroatoms. The van der Waals surface area contributed by atoms with Crippen LogP contribution in [0.1, 0.15) is 52.6 Å². The predicted octanol–water partition coefficient (Wildman–Crippen LogP) is 5.03. The SMILES string of the molecule is O=C(C(c1ncn2c1CCC2)N1Cc2c(F)cc(-c3ccc(N4CC5(CCNCC5)C4)cc3)cc2C1=O)N(OC(=O)C(F)(F)F)c1nccs1. The van der Waals surface area contributed by atoms with Crippen LogP contribution in [0.3, 0.4) is 0 Å². The number of thiazole rings is 1. The molecular weight excluding hydrogens is 678 g/mol. The summed E-state index contributed by atoms with van der Waals surface area (Å²) >= 11 is 0.753. The molecule has 1 unspecified atom stereocenters. The molecule has 8 rings (SSSR count). The summed E-state index contributed by atoms with van der Waals surface area (Å²) in [5.74, 6) is -5.24. The van der Waals surface area contributed by atoms with Gasteiger partial charge in [-0.1, -0.05) is 12.1 Å². The fourth-order valence-electron chi connectivity index (χ4n) is 7.52. The van der Waals surface area contributed by atoms with E-state index in [0.717, 1.165) is 60.9 Å². The van der Waals surface area contributed by atoms with Crippen LogP contribution in [0.4, 0.5) is 28.4 Å². The van der Waals surface area contributed by atoms with Gasteiger partial charge in [-0.05, 0) is 74.2 Å². The zero-order valence-electron chi connectivity index (χ0n) is 26.6. The Morgan fingerprint density at radius 1 is 1.06 bits per heavy atom. The molecule has 0 bridgehead atoms. The van der Waals surface area contributed by atoms with Gasteiger partial charge in [0.15, 0.2) is 6.04 Å². The lowest BCUT2D eigenvalue weighted by molar-refractivity contribution is -0.202. The van der Waals surface area contributed by atoms with Gasteiger partial charge in [-0.3, -0.25) is 9.59 Å². The molecule has 260 valence electrons. The van der Waals surface area contributed by atoms with Gasteiger partial charge in [0.2, 0.25) is 5.13 Å². The second-order valence-electron chi connectivity index (χ2n) is 13.2. The Kier molecular flexibility index (Phi) is 7.90. The molecule has 4 aliphatic heterocycles. The third-order valence-corrected chi connectivity index (χ3v) is 10.8. The van der Waals surface area contributed by atoms with E-state index in [1.165, 1.54) is 24.0 Å². The number of alkyl halides is 3. The lowest BCUT2D eigenvalue weighted by Crippen LogP contribution is -2.60. The second kappa shape index (κ2) is 12.2. The van der Waals surface area contributed by atoms with Crippen LogP contribution < -0.4 is 15.3 Å². The van der Waals surface area contributed by atoms with Gasteiger partial charge in [0.05, 0.1) is 18.6 Å². The average Bonchev–Trinajstić information content (AvgIpc) is 3.90. The number of rotatable bonds is 6. The number of aryl methyl sites for hydroxylation is 1. The smallest absolute Gasteiger partial charge is 0.370 e. The number of amides is 2. The first-order valence-corrected chi connectivity index (χ1v) is 17.2. The predicted molar refractivity (Wildman–Crippen MR) is 173 cm³/mol. The largest absolute Gasteiger partial charge is 0.493 e. The average molecular weight is 710 g/mol. The number of imidazole rings is 1. The van der Waals surface area contributed by atoms with Gasteiger partial charge in [-0.15, -0.1) is 16.4 Å². The second-order valence-corrected chi connectivity index (χ2v) is 14.0. The minimum Gasteiger partial charge on any atom is -0.370 e. The van der Waals surface area contributed by atoms with Crippen LogP contribution in [0, 0.1) is 11.2 Å². The van der Waals surface area contributed by atoms with E-state index in [1.807, 2.05) is 24.3 Å². The number of benzene rings is 2. The number of aromatic nitrogens is 3. The monoisotopic (exact) mass is 709 g/mol. The van der Waals surface area contributed by atoms with E-state index in [9.17, 15) is 27.6 Å². The zero-order valence-corrected chi connectivity index (χ0v) is 27.4. The standard InChI is InChI=1S/C34H31F4N7O4S/c35-25-15-21(20-3-5-22(6-4-20)43-17-33(18-43)7-9-39-10-8-33)14-23-24(25)16-44(29(23)46)28(27-26-2-1-12-42(26)19-41-27)30(47)45(32-40-11-13-50-32)49-31(48)34(36,37)38/h3-6,11,13-15,19,28,39H,1-2,7-10,12,16-18H2. The molecule has 6 heterocycles. The Hall–Kier alpha value is -4.83. The molecule has 4 aliphatic rings. The van der Waals surface area contributed by atoms with Crippen molar-refractivity contribution in [2.24, 2.45) is 5.41 Å². The maximum absolute atomic E-state index is 15.9. The van der Waals surface area contributed by atoms with Crippen molar-refractivity contribution < 1.29 is 36.8 Å². The summed E-state index contributed by atoms with van der Waals surface area (Å²) in [5.41, 5.74) is 3.31. The van der Waals surface area contributed by atoms with Gasteiger partial charge in [0.1, 0.15) is 5.82 Å². The highest BCUT2D eigenvalue weighted by Crippen LogP contribution is 2.42. The Labute approximate surface area is 287 Å². The van der Waals surface area contributed by atoms with Crippen molar-refractivity contribution in [1.29, 1.82) is 0 Å². The van der Waals surface area contributed by atoms with Crippen LogP contribution in [-0.2, 0) is 33.9 Å². The maximum atomic E-state index is 15.9. The summed E-state index contributed by atoms with van der Waals surface area (Å²) in [5, 5.41) is 4.58. The lowest BCUT2D eigenvalue weighted by atomic mass is 9.72. The Balaban J connectivity index is 1.10. The quantitative estimate of drug-likeness (QED) is 0.219. The number of carbonyl (C=O) groups is 3. The molecule has 2 amide bonds. The number of hydrogen-bond donors (Lipinski definition) is 1. The normalized spacial score (nSPS) is 18.5. The highest BCUT2D eigenvalue weighted by molar-refractivity contribution is 7.13. The summed E-state index contributed by atoms with van der Waals surface area (Å²) in [7, 11) is 0. The first-order chi connectivity index (χ1) is 24.0. The van der Waals surface area contributed by atoms with Crippen LogP contribution in [0.25, 0.3) is 11.1 Å². The van der Waals surface area contributed by atoms with Gasteiger partial charge in [-0.2, -0.15) is 13.2 Å². The molecule has 50 heavy (non-hydrogen) atoms. The number of nitrogens with zero attached hydrogens (tertiary/aromatic N) is 6. The molecule has 0 aliphatic carbocycles. The van der Waals surface area contributed by atoms with Crippen molar-refractivity contribution >= 4 is 39.9 Å². The van der Waals surface area contributed by atoms with Gasteiger partial charge < -0.3 is 24.5 Å². The van der Waals surface area contributed by atoms with Crippen molar-refractivity contribution in [3.63, 3.8) is 0 Å². The van der Waals surface area contributed by atoms with Gasteiger partial charge >= 0.3 is 12.1 Å². The van der Waals surface area contributed by atoms with Crippen molar-refractivity contribution in [3.8, 4) is 11.1 Å². The number of hydroxylamine groups is 1. The van der Waals surface area contributed by atoms with Crippen LogP contribution in [0.2, 0.25) is 0 Å². The van der Waals surface area contributed by atoms with Crippen molar-refractivity contribution in [2.75, 3.05) is 36.1 Å². The summed E-state index contributed by atoms with van der Waals surface area (Å²) in [6.45, 7) is 4.25. The van der Waals surface area contributed by atoms with Gasteiger partial charge in [-0.25, -0.2) is 19.2 Å². The number of fused-ring (bicyclic) bond motifs is 2. The number of anilines is 2. The summed E-state index contributed by atoms with van der Waals surface area (Å²) in [6, 6.07) is 8.95. The lowest BCUT2D eigenvalue weighted by Gasteiger charge is -2.53. The molecule has 0 saturated carbocycles. The number of piperidine rings is 1. The Morgan fingerprint density at radius 2 is 1.82 bits per heavy atom. The molecule has 2 aromatic heterocycles. The number of halogens is 4. The van der Waals surface area contributed by atoms with E-state index in [1.54, 1.807) is 10.6 Å². The van der Waals surface area contributed by atoms with Crippen LogP contribution in [-0.4, -0.2) is 69.6 Å². The van der Waals surface area contributed by atoms with E-state index >= 15 is 4.39 Å². The first-order valence-electron chi connectivity index (χ1n) is 16.3. The molecule has 1 spiro atoms. The van der Waals surface area contributed by atoms with Crippen LogP contribution in [0.5, 0.6) is 0 Å². The Bertz CT molecular complexity index is 1970. The minimum atomic E-state index is -5.43. The number of hydrogen-bond acceptors (Lipinski definition) is 9. The third-order valence-electron chi connectivity index (χ3n) is 10.1. The molecule has 1 N–H and O–H groups in total. The third kappa shape index (κ3) is 5.59. The molecule has 2 aromatic carbocycles. The first kappa shape index (κ1) is 32.4. The number of nitrogens with one attached hydrogen (secondary N) is 1. The topological polar surface area (TPSA) is 113 Å². The molecular formula is C34H31F4N7O4S. The summed E-state index contributed by atoms with van der Waals surface area (Å²) < 4.78 is 57.7. The van der Waals surface area contributed by atoms with Crippen LogP contribution in [0.15, 0.2) is 54.3 Å². The number of carbonyl (C=O) groups excluding carboxylic acids is 3. The van der Waals surface area contributed by atoms with Gasteiger partial charge in [0.25, 0.3) is 11.8 Å². The zero-order chi connectivity index (χ0) is 34.8. The minimum absolute atomic E-state index is 0.0152. The Morgan fingerprint density at radius 3 is 2.52 bits per heavy atom. The summed E-state index contributed by atoms with van der Waals surface area (Å²) in [6.07, 6.45) is 0.777. The van der Waals surface area contributed by atoms with E-state index in [-0.39, 0.29) is 33.6 Å².